The molecular weight excluding hydrogens is 264 g/mol. The van der Waals surface area contributed by atoms with Crippen LogP contribution in [0.4, 0.5) is 4.39 Å². The zero-order valence-corrected chi connectivity index (χ0v) is 10.8. The molecule has 0 unspecified atom stereocenters. The van der Waals surface area contributed by atoms with Gasteiger partial charge in [0.25, 0.3) is 0 Å². The van der Waals surface area contributed by atoms with E-state index in [0.717, 1.165) is 26.2 Å². The summed E-state index contributed by atoms with van der Waals surface area (Å²) in [5, 5.41) is 3.86. The van der Waals surface area contributed by atoms with E-state index in [1.807, 2.05) is 0 Å². The summed E-state index contributed by atoms with van der Waals surface area (Å²) in [7, 11) is 0. The van der Waals surface area contributed by atoms with Gasteiger partial charge in [0.15, 0.2) is 0 Å². The SMILES string of the molecule is FC[C@@H](c1ccc(Cl)nc1Cl)N1CCNCC1. The highest BCUT2D eigenvalue weighted by atomic mass is 35.5. The zero-order chi connectivity index (χ0) is 12.3. The van der Waals surface area contributed by atoms with Gasteiger partial charge in [-0.2, -0.15) is 0 Å². The van der Waals surface area contributed by atoms with E-state index in [2.05, 4.69) is 15.2 Å². The number of rotatable bonds is 3. The number of alkyl halides is 1. The molecule has 0 aliphatic carbocycles. The van der Waals surface area contributed by atoms with Gasteiger partial charge >= 0.3 is 0 Å². The molecule has 1 saturated heterocycles. The monoisotopic (exact) mass is 277 g/mol. The molecule has 6 heteroatoms. The molecule has 1 aromatic heterocycles. The third-order valence-electron chi connectivity index (χ3n) is 2.94. The maximum Gasteiger partial charge on any atom is 0.135 e. The fourth-order valence-corrected chi connectivity index (χ4v) is 2.51. The van der Waals surface area contributed by atoms with Crippen LogP contribution in [0, 0.1) is 0 Å². The van der Waals surface area contributed by atoms with Crippen LogP contribution in [0.15, 0.2) is 12.1 Å². The number of halogens is 3. The van der Waals surface area contributed by atoms with Crippen LogP contribution in [0.2, 0.25) is 10.3 Å². The summed E-state index contributed by atoms with van der Waals surface area (Å²) in [6, 6.07) is 3.08. The molecule has 94 valence electrons. The standard InChI is InChI=1S/C11H14Cl2FN3/c12-10-2-1-8(11(13)16-10)9(7-14)17-5-3-15-4-6-17/h1-2,9,15H,3-7H2/t9-/m0/s1. The summed E-state index contributed by atoms with van der Waals surface area (Å²) in [5.41, 5.74) is 0.709. The van der Waals surface area contributed by atoms with Crippen molar-refractivity contribution in [1.82, 2.24) is 15.2 Å². The minimum absolute atomic E-state index is 0.290. The molecule has 0 aromatic carbocycles. The Morgan fingerprint density at radius 3 is 2.65 bits per heavy atom. The molecule has 1 fully saturated rings. The van der Waals surface area contributed by atoms with Gasteiger partial charge in [0.2, 0.25) is 0 Å². The number of aromatic nitrogens is 1. The molecule has 17 heavy (non-hydrogen) atoms. The first-order valence-corrected chi connectivity index (χ1v) is 6.30. The van der Waals surface area contributed by atoms with E-state index in [4.69, 9.17) is 23.2 Å². The number of nitrogens with one attached hydrogen (secondary N) is 1. The van der Waals surface area contributed by atoms with Gasteiger partial charge < -0.3 is 5.32 Å². The van der Waals surface area contributed by atoms with Crippen LogP contribution in [-0.4, -0.2) is 42.7 Å². The number of hydrogen-bond acceptors (Lipinski definition) is 3. The van der Waals surface area contributed by atoms with E-state index in [0.29, 0.717) is 15.9 Å². The Labute approximate surface area is 110 Å². The lowest BCUT2D eigenvalue weighted by Crippen LogP contribution is -2.45. The van der Waals surface area contributed by atoms with Crippen molar-refractivity contribution in [1.29, 1.82) is 0 Å². The smallest absolute Gasteiger partial charge is 0.135 e. The van der Waals surface area contributed by atoms with Crippen LogP contribution < -0.4 is 5.32 Å². The summed E-state index contributed by atoms with van der Waals surface area (Å²) in [4.78, 5) is 6.04. The molecule has 0 saturated carbocycles. The third-order valence-corrected chi connectivity index (χ3v) is 3.45. The second kappa shape index (κ2) is 5.96. The summed E-state index contributed by atoms with van der Waals surface area (Å²) in [6.45, 7) is 2.90. The highest BCUT2D eigenvalue weighted by molar-refractivity contribution is 6.32. The van der Waals surface area contributed by atoms with E-state index in [1.165, 1.54) is 0 Å². The van der Waals surface area contributed by atoms with Crippen molar-refractivity contribution in [2.24, 2.45) is 0 Å². The predicted octanol–water partition coefficient (Wildman–Crippen LogP) is 2.30. The quantitative estimate of drug-likeness (QED) is 0.860. The van der Waals surface area contributed by atoms with Crippen LogP contribution in [0.25, 0.3) is 0 Å². The van der Waals surface area contributed by atoms with Crippen LogP contribution in [-0.2, 0) is 0 Å². The maximum absolute atomic E-state index is 13.2. The summed E-state index contributed by atoms with van der Waals surface area (Å²) in [6.07, 6.45) is 0. The average Bonchev–Trinajstić information content (AvgIpc) is 2.34. The molecule has 0 amide bonds. The van der Waals surface area contributed by atoms with Gasteiger partial charge in [0.1, 0.15) is 17.0 Å². The first-order chi connectivity index (χ1) is 8.22. The van der Waals surface area contributed by atoms with Gasteiger partial charge in [-0.05, 0) is 6.07 Å². The molecule has 1 atom stereocenters. The van der Waals surface area contributed by atoms with E-state index >= 15 is 0 Å². The van der Waals surface area contributed by atoms with Gasteiger partial charge in [0, 0.05) is 31.7 Å². The Bertz CT molecular complexity index is 383. The highest BCUT2D eigenvalue weighted by Gasteiger charge is 2.24. The molecule has 0 radical (unpaired) electrons. The average molecular weight is 278 g/mol. The summed E-state index contributed by atoms with van der Waals surface area (Å²) >= 11 is 11.8. The number of nitrogens with zero attached hydrogens (tertiary/aromatic N) is 2. The number of hydrogen-bond donors (Lipinski definition) is 1. The van der Waals surface area contributed by atoms with E-state index in [1.54, 1.807) is 12.1 Å². The molecule has 3 nitrogen and oxygen atoms in total. The number of piperazine rings is 1. The van der Waals surface area contributed by atoms with Crippen LogP contribution >= 0.6 is 23.2 Å². The van der Waals surface area contributed by atoms with Crippen molar-refractivity contribution >= 4 is 23.2 Å². The van der Waals surface area contributed by atoms with E-state index < -0.39 is 6.67 Å². The number of pyridine rings is 1. The van der Waals surface area contributed by atoms with Gasteiger partial charge in [-0.25, -0.2) is 9.37 Å². The second-order valence-corrected chi connectivity index (χ2v) is 4.72. The minimum Gasteiger partial charge on any atom is -0.314 e. The van der Waals surface area contributed by atoms with Crippen molar-refractivity contribution in [3.63, 3.8) is 0 Å². The molecule has 1 aromatic rings. The Hall–Kier alpha value is -0.420. The van der Waals surface area contributed by atoms with Gasteiger partial charge in [0.05, 0.1) is 6.04 Å². The molecule has 1 N–H and O–H groups in total. The van der Waals surface area contributed by atoms with Gasteiger partial charge in [-0.3, -0.25) is 4.90 Å². The summed E-state index contributed by atoms with van der Waals surface area (Å²) < 4.78 is 13.2. The van der Waals surface area contributed by atoms with Crippen molar-refractivity contribution in [2.45, 2.75) is 6.04 Å². The Morgan fingerprint density at radius 2 is 2.06 bits per heavy atom. The lowest BCUT2D eigenvalue weighted by atomic mass is 10.1. The Kier molecular flexibility index (Phi) is 4.56. The van der Waals surface area contributed by atoms with Crippen LogP contribution in [0.3, 0.4) is 0 Å². The largest absolute Gasteiger partial charge is 0.314 e. The normalized spacial score (nSPS) is 19.2. The highest BCUT2D eigenvalue weighted by Crippen LogP contribution is 2.28. The Balaban J connectivity index is 2.21. The van der Waals surface area contributed by atoms with E-state index in [9.17, 15) is 4.39 Å². The van der Waals surface area contributed by atoms with Gasteiger partial charge in [-0.15, -0.1) is 0 Å². The predicted molar refractivity (Wildman–Crippen MR) is 67.4 cm³/mol. The second-order valence-electron chi connectivity index (χ2n) is 3.97. The molecule has 2 rings (SSSR count). The fraction of sp³-hybridized carbons (Fsp3) is 0.545. The fourth-order valence-electron chi connectivity index (χ4n) is 2.04. The molecule has 1 aliphatic heterocycles. The third kappa shape index (κ3) is 3.07. The molecular formula is C11H14Cl2FN3. The molecule has 2 heterocycles. The first-order valence-electron chi connectivity index (χ1n) is 5.55. The lowest BCUT2D eigenvalue weighted by Gasteiger charge is -2.33. The molecule has 0 bridgehead atoms. The van der Waals surface area contributed by atoms with Crippen LogP contribution in [0.1, 0.15) is 11.6 Å². The van der Waals surface area contributed by atoms with E-state index in [-0.39, 0.29) is 6.04 Å². The van der Waals surface area contributed by atoms with Crippen molar-refractivity contribution < 1.29 is 4.39 Å². The molecule has 0 spiro atoms. The van der Waals surface area contributed by atoms with Crippen LogP contribution in [0.5, 0.6) is 0 Å². The zero-order valence-electron chi connectivity index (χ0n) is 9.30. The van der Waals surface area contributed by atoms with Gasteiger partial charge in [-0.1, -0.05) is 29.3 Å². The molecule has 1 aliphatic rings. The van der Waals surface area contributed by atoms with Crippen molar-refractivity contribution in [3.8, 4) is 0 Å². The minimum atomic E-state index is -0.469. The Morgan fingerprint density at radius 1 is 1.35 bits per heavy atom. The van der Waals surface area contributed by atoms with Crippen molar-refractivity contribution in [2.75, 3.05) is 32.9 Å². The lowest BCUT2D eigenvalue weighted by molar-refractivity contribution is 0.147. The first kappa shape index (κ1) is 13.0. The summed E-state index contributed by atoms with van der Waals surface area (Å²) in [5.74, 6) is 0. The topological polar surface area (TPSA) is 28.2 Å². The maximum atomic E-state index is 13.2. The van der Waals surface area contributed by atoms with Crippen molar-refractivity contribution in [3.05, 3.63) is 28.0 Å².